The summed E-state index contributed by atoms with van der Waals surface area (Å²) < 4.78 is 35.9. The zero-order valence-electron chi connectivity index (χ0n) is 34.5. The molecule has 12 nitrogen and oxygen atoms in total. The number of fused-ring (bicyclic) bond motifs is 2. The van der Waals surface area contributed by atoms with Crippen molar-refractivity contribution < 1.29 is 27.5 Å². The van der Waals surface area contributed by atoms with Crippen molar-refractivity contribution in [2.75, 3.05) is 52.0 Å². The van der Waals surface area contributed by atoms with E-state index in [1.165, 1.54) is 24.3 Å². The lowest BCUT2D eigenvalue weighted by Gasteiger charge is -2.37. The predicted molar refractivity (Wildman–Crippen MR) is 233 cm³/mol. The molecule has 2 atom stereocenters. The van der Waals surface area contributed by atoms with Crippen molar-refractivity contribution in [2.24, 2.45) is 0 Å². The molecule has 314 valence electrons. The van der Waals surface area contributed by atoms with Gasteiger partial charge in [0.1, 0.15) is 5.70 Å². The number of benzene rings is 4. The monoisotopic (exact) mass is 842 g/mol. The maximum Gasteiger partial charge on any atom is 0.273 e. The minimum Gasteiger partial charge on any atom is -0.378 e. The van der Waals surface area contributed by atoms with Crippen LogP contribution in [0.5, 0.6) is 0 Å². The molecule has 2 aliphatic heterocycles. The van der Waals surface area contributed by atoms with Gasteiger partial charge in [-0.15, -0.1) is 0 Å². The number of hydrogen-bond acceptors (Lipinski definition) is 9. The van der Waals surface area contributed by atoms with E-state index in [2.05, 4.69) is 24.0 Å². The van der Waals surface area contributed by atoms with E-state index in [-0.39, 0.29) is 46.8 Å². The second-order valence-corrected chi connectivity index (χ2v) is 17.6. The molecule has 0 aliphatic carbocycles. The Bertz CT molecular complexity index is 2310. The summed E-state index contributed by atoms with van der Waals surface area (Å²) in [6.07, 6.45) is 4.00. The largest absolute Gasteiger partial charge is 0.378 e. The van der Waals surface area contributed by atoms with Crippen molar-refractivity contribution in [2.45, 2.75) is 76.4 Å². The molecule has 0 bridgehead atoms. The quantitative estimate of drug-likeness (QED) is 0.112. The van der Waals surface area contributed by atoms with Crippen molar-refractivity contribution in [1.29, 1.82) is 0 Å². The first-order valence-electron chi connectivity index (χ1n) is 20.4. The molecular weight excluding hydrogens is 788 g/mol. The third-order valence-corrected chi connectivity index (χ3v) is 12.6. The number of nitrogens with one attached hydrogen (secondary N) is 2. The maximum absolute atomic E-state index is 15.1. The lowest BCUT2D eigenvalue weighted by atomic mass is 9.93. The molecule has 0 radical (unpaired) electrons. The number of carbonyl (C=O) groups is 3. The van der Waals surface area contributed by atoms with Gasteiger partial charge in [0, 0.05) is 26.2 Å². The Morgan fingerprint density at radius 3 is 2.24 bits per heavy atom. The van der Waals surface area contributed by atoms with E-state index in [0.717, 1.165) is 42.2 Å². The Hall–Kier alpha value is -4.79. The Labute approximate surface area is 353 Å². The van der Waals surface area contributed by atoms with E-state index in [1.807, 2.05) is 73.3 Å². The summed E-state index contributed by atoms with van der Waals surface area (Å²) in [5.74, 6) is -1.70. The van der Waals surface area contributed by atoms with E-state index < -0.39 is 27.9 Å². The first kappa shape index (κ1) is 43.8. The molecule has 2 unspecified atom stereocenters. The van der Waals surface area contributed by atoms with Gasteiger partial charge in [-0.2, -0.15) is 0 Å². The van der Waals surface area contributed by atoms with Gasteiger partial charge in [-0.05, 0) is 92.5 Å². The number of hydrogen-bond donors (Lipinski definition) is 2. The molecule has 4 aromatic carbocycles. The fourth-order valence-electron chi connectivity index (χ4n) is 7.40. The molecule has 59 heavy (non-hydrogen) atoms. The highest BCUT2D eigenvalue weighted by molar-refractivity contribution is 7.90. The molecule has 0 fully saturated rings. The van der Waals surface area contributed by atoms with Crippen molar-refractivity contribution >= 4 is 55.8 Å². The van der Waals surface area contributed by atoms with Crippen LogP contribution in [0.25, 0.3) is 10.8 Å². The average Bonchev–Trinajstić information content (AvgIpc) is 3.53. The number of likely N-dealkylation sites (N-methyl/N-ethyl adjacent to an activating group) is 1. The Balaban J connectivity index is 1.41. The Kier molecular flexibility index (Phi) is 14.5. The maximum atomic E-state index is 15.1. The number of unbranched alkanes of at least 4 members (excludes halogenated alkanes) is 2. The molecule has 2 N–H and O–H groups in total. The summed E-state index contributed by atoms with van der Waals surface area (Å²) in [6.45, 7) is 8.77. The normalized spacial score (nSPS) is 16.8. The van der Waals surface area contributed by atoms with E-state index in [0.29, 0.717) is 48.8 Å². The third-order valence-electron chi connectivity index (χ3n) is 10.8. The topological polar surface area (TPSA) is 132 Å². The van der Waals surface area contributed by atoms with Gasteiger partial charge in [0.15, 0.2) is 0 Å². The highest BCUT2D eigenvalue weighted by atomic mass is 35.5. The summed E-state index contributed by atoms with van der Waals surface area (Å²) in [5, 5.41) is 3.45. The number of hydrazine groups is 1. The lowest BCUT2D eigenvalue weighted by Crippen LogP contribution is -2.47. The number of ether oxygens (including phenoxy) is 1. The molecule has 0 saturated heterocycles. The number of nitrogens with zero attached hydrogens (tertiary/aromatic N) is 4. The molecule has 3 amide bonds. The van der Waals surface area contributed by atoms with Crippen LogP contribution in [-0.4, -0.2) is 99.9 Å². The van der Waals surface area contributed by atoms with Gasteiger partial charge in [0.2, 0.25) is 0 Å². The minimum absolute atomic E-state index is 0.0375. The Morgan fingerprint density at radius 1 is 0.864 bits per heavy atom. The van der Waals surface area contributed by atoms with Crippen LogP contribution in [0, 0.1) is 0 Å². The summed E-state index contributed by atoms with van der Waals surface area (Å²) in [7, 11) is -0.452. The summed E-state index contributed by atoms with van der Waals surface area (Å²) >= 11 is 6.91. The molecular formula is C45H55ClN6O6S. The van der Waals surface area contributed by atoms with E-state index in [9.17, 15) is 18.0 Å². The molecule has 2 heterocycles. The van der Waals surface area contributed by atoms with Gasteiger partial charge in [0.05, 0.1) is 52.0 Å². The van der Waals surface area contributed by atoms with Crippen LogP contribution >= 0.6 is 11.6 Å². The molecule has 4 aromatic rings. The van der Waals surface area contributed by atoms with Crippen LogP contribution in [-0.2, 0) is 32.5 Å². The van der Waals surface area contributed by atoms with Crippen LogP contribution in [0.1, 0.15) is 78.3 Å². The highest BCUT2D eigenvalue weighted by Crippen LogP contribution is 2.34. The van der Waals surface area contributed by atoms with Crippen LogP contribution < -0.4 is 15.2 Å². The number of rotatable bonds is 17. The van der Waals surface area contributed by atoms with Gasteiger partial charge in [-0.3, -0.25) is 19.4 Å². The first-order chi connectivity index (χ1) is 28.3. The van der Waals surface area contributed by atoms with Crippen molar-refractivity contribution in [3.8, 4) is 0 Å². The molecule has 14 heteroatoms. The molecule has 0 spiro atoms. The van der Waals surface area contributed by atoms with Gasteiger partial charge in [0.25, 0.3) is 27.7 Å². The van der Waals surface area contributed by atoms with Crippen molar-refractivity contribution in [3.63, 3.8) is 0 Å². The fourth-order valence-corrected chi connectivity index (χ4v) is 8.62. The average molecular weight is 843 g/mol. The summed E-state index contributed by atoms with van der Waals surface area (Å²) in [4.78, 5) is 49.1. The van der Waals surface area contributed by atoms with E-state index in [1.54, 1.807) is 28.1 Å². The first-order valence-corrected chi connectivity index (χ1v) is 22.2. The van der Waals surface area contributed by atoms with E-state index in [4.69, 9.17) is 16.3 Å². The van der Waals surface area contributed by atoms with Crippen molar-refractivity contribution in [1.82, 2.24) is 24.8 Å². The van der Waals surface area contributed by atoms with Gasteiger partial charge >= 0.3 is 0 Å². The Morgan fingerprint density at radius 2 is 1.54 bits per heavy atom. The highest BCUT2D eigenvalue weighted by Gasteiger charge is 2.38. The molecule has 2 aliphatic rings. The second-order valence-electron chi connectivity index (χ2n) is 15.5. The summed E-state index contributed by atoms with van der Waals surface area (Å²) in [6, 6.07) is 23.6. The zero-order chi connectivity index (χ0) is 42.3. The van der Waals surface area contributed by atoms with Crippen LogP contribution in [0.3, 0.4) is 0 Å². The minimum atomic E-state index is -4.37. The SMILES string of the molecule is CCCCN(CCCC)C(=O)C1=C(Cl)C(C)NN1c1ccc(C(=O)NS(=O)(=O)c2ccc3ccccc3c2)c(C(=O)N2Cc3ccccc3CC2COCCN(C)C)c1. The van der Waals surface area contributed by atoms with Crippen molar-refractivity contribution in [3.05, 3.63) is 118 Å². The number of anilines is 1. The number of amides is 3. The second kappa shape index (κ2) is 19.5. The van der Waals surface area contributed by atoms with Crippen LogP contribution in [0.4, 0.5) is 5.69 Å². The van der Waals surface area contributed by atoms with Gasteiger partial charge in [-0.1, -0.05) is 92.9 Å². The molecule has 0 saturated carbocycles. The van der Waals surface area contributed by atoms with Gasteiger partial charge < -0.3 is 19.4 Å². The number of sulfonamides is 1. The lowest BCUT2D eigenvalue weighted by molar-refractivity contribution is -0.127. The predicted octanol–water partition coefficient (Wildman–Crippen LogP) is 6.70. The zero-order valence-corrected chi connectivity index (χ0v) is 36.1. The number of carbonyl (C=O) groups excluding carboxylic acids is 3. The van der Waals surface area contributed by atoms with E-state index >= 15 is 4.79 Å². The third kappa shape index (κ3) is 10.2. The fraction of sp³-hybridized carbons (Fsp3) is 0.400. The molecule has 6 rings (SSSR count). The molecule has 0 aromatic heterocycles. The van der Waals surface area contributed by atoms with Crippen LogP contribution in [0.15, 0.2) is 101 Å². The van der Waals surface area contributed by atoms with Gasteiger partial charge in [-0.25, -0.2) is 18.6 Å². The standard InChI is InChI=1S/C45H55ClN6O6S/c1-6-8-22-50(23-9-7-2)45(55)42-41(46)31(3)47-52(42)36-19-21-39(43(53)48-59(56,57)38-20-18-32-14-10-11-16-34(32)27-38)40(28-36)44(54)51-29-35-17-13-12-15-33(35)26-37(51)30-58-25-24-49(4)5/h10-21,27-28,31,37,47H,6-9,22-26,29-30H2,1-5H3,(H,48,53). The van der Waals surface area contributed by atoms with Crippen LogP contribution in [0.2, 0.25) is 0 Å². The summed E-state index contributed by atoms with van der Waals surface area (Å²) in [5.41, 5.74) is 5.79. The smallest absolute Gasteiger partial charge is 0.273 e. The number of halogens is 1.